The van der Waals surface area contributed by atoms with E-state index in [0.717, 1.165) is 50.8 Å². The maximum Gasteiger partial charge on any atom is 0.306 e. The lowest BCUT2D eigenvalue weighted by atomic mass is 9.84. The molecule has 0 radical (unpaired) electrons. The third-order valence-electron chi connectivity index (χ3n) is 7.96. The number of hydrogen-bond acceptors (Lipinski definition) is 7. The highest BCUT2D eigenvalue weighted by Crippen LogP contribution is 2.56. The maximum atomic E-state index is 12.8. The Balaban J connectivity index is 1.55. The maximum absolute atomic E-state index is 12.8. The summed E-state index contributed by atoms with van der Waals surface area (Å²) >= 11 is 0. The standard InChI is InChI=1S/C31H38N4O4S/c1-6-39-30(36)17-27(26-13-14-28-31(22(26)4)32-33-34(28)5)23-12-11-21(3)25(16-23)19-35-18-20(2)15-24-9-7-8-10-29(24)40(35,37)38/h7-14,16,20,27,37-38H,6,15,17-19H2,1-5H3. The highest BCUT2D eigenvalue weighted by atomic mass is 32.3. The summed E-state index contributed by atoms with van der Waals surface area (Å²) in [6, 6.07) is 17.9. The van der Waals surface area contributed by atoms with Crippen LogP contribution in [0.4, 0.5) is 0 Å². The SMILES string of the molecule is CCOC(=O)CC(c1ccc(C)c(CN2CC(C)Cc3ccccc3S2(O)O)c1)c1ccc2c(nnn2C)c1C. The molecule has 9 heteroatoms. The summed E-state index contributed by atoms with van der Waals surface area (Å²) in [5, 5.41) is 8.55. The van der Waals surface area contributed by atoms with Gasteiger partial charge in [0.1, 0.15) is 5.52 Å². The summed E-state index contributed by atoms with van der Waals surface area (Å²) in [5.41, 5.74) is 7.74. The predicted molar refractivity (Wildman–Crippen MR) is 158 cm³/mol. The molecule has 212 valence electrons. The number of aryl methyl sites for hydroxylation is 3. The summed E-state index contributed by atoms with van der Waals surface area (Å²) in [4.78, 5) is 13.4. The van der Waals surface area contributed by atoms with Crippen molar-refractivity contribution in [2.45, 2.75) is 57.9 Å². The zero-order valence-corrected chi connectivity index (χ0v) is 24.6. The quantitative estimate of drug-likeness (QED) is 0.252. The number of nitrogens with zero attached hydrogens (tertiary/aromatic N) is 4. The number of carbonyl (C=O) groups excluding carboxylic acids is 1. The van der Waals surface area contributed by atoms with Gasteiger partial charge in [-0.25, -0.2) is 4.68 Å². The van der Waals surface area contributed by atoms with E-state index in [0.29, 0.717) is 24.6 Å². The summed E-state index contributed by atoms with van der Waals surface area (Å²) < 4.78 is 31.9. The van der Waals surface area contributed by atoms with Gasteiger partial charge in [0.25, 0.3) is 0 Å². The van der Waals surface area contributed by atoms with Crippen molar-refractivity contribution in [2.75, 3.05) is 13.2 Å². The van der Waals surface area contributed by atoms with Crippen LogP contribution in [-0.4, -0.2) is 47.5 Å². The van der Waals surface area contributed by atoms with Crippen LogP contribution in [0, 0.1) is 19.8 Å². The molecule has 0 saturated heterocycles. The molecule has 0 aliphatic carbocycles. The van der Waals surface area contributed by atoms with Crippen LogP contribution < -0.4 is 0 Å². The number of hydrogen-bond donors (Lipinski definition) is 2. The van der Waals surface area contributed by atoms with Gasteiger partial charge < -0.3 is 4.74 Å². The van der Waals surface area contributed by atoms with Gasteiger partial charge in [-0.05, 0) is 78.6 Å². The molecule has 8 nitrogen and oxygen atoms in total. The zero-order valence-electron chi connectivity index (χ0n) is 23.8. The van der Waals surface area contributed by atoms with E-state index in [4.69, 9.17) is 4.74 Å². The van der Waals surface area contributed by atoms with E-state index in [-0.39, 0.29) is 24.2 Å². The van der Waals surface area contributed by atoms with E-state index < -0.39 is 10.8 Å². The van der Waals surface area contributed by atoms with Gasteiger partial charge in [-0.2, -0.15) is 4.31 Å². The monoisotopic (exact) mass is 562 g/mol. The lowest BCUT2D eigenvalue weighted by molar-refractivity contribution is -0.143. The van der Waals surface area contributed by atoms with Crippen molar-refractivity contribution >= 4 is 27.8 Å². The second-order valence-electron chi connectivity index (χ2n) is 10.9. The Kier molecular flexibility index (Phi) is 8.01. The molecule has 0 amide bonds. The fourth-order valence-electron chi connectivity index (χ4n) is 5.81. The minimum Gasteiger partial charge on any atom is -0.466 e. The van der Waals surface area contributed by atoms with Crippen molar-refractivity contribution in [2.24, 2.45) is 13.0 Å². The first-order valence-corrected chi connectivity index (χ1v) is 15.3. The molecule has 1 aliphatic heterocycles. The number of benzene rings is 3. The van der Waals surface area contributed by atoms with Crippen molar-refractivity contribution in [1.82, 2.24) is 19.3 Å². The highest BCUT2D eigenvalue weighted by molar-refractivity contribution is 8.22. The topological polar surface area (TPSA) is 101 Å². The van der Waals surface area contributed by atoms with Gasteiger partial charge in [-0.1, -0.05) is 54.6 Å². The molecule has 2 heterocycles. The number of fused-ring (bicyclic) bond motifs is 2. The van der Waals surface area contributed by atoms with Crippen LogP contribution in [0.5, 0.6) is 0 Å². The second kappa shape index (κ2) is 11.3. The Morgan fingerprint density at radius 3 is 2.70 bits per heavy atom. The van der Waals surface area contributed by atoms with Crippen LogP contribution in [0.15, 0.2) is 59.5 Å². The molecule has 3 aromatic carbocycles. The molecule has 0 fully saturated rings. The van der Waals surface area contributed by atoms with Gasteiger partial charge in [0.05, 0.1) is 23.4 Å². The van der Waals surface area contributed by atoms with Gasteiger partial charge in [-0.3, -0.25) is 13.9 Å². The number of aromatic nitrogens is 3. The van der Waals surface area contributed by atoms with E-state index in [1.54, 1.807) is 4.68 Å². The lowest BCUT2D eigenvalue weighted by Crippen LogP contribution is -2.30. The van der Waals surface area contributed by atoms with Crippen molar-refractivity contribution in [3.63, 3.8) is 0 Å². The van der Waals surface area contributed by atoms with E-state index in [1.807, 2.05) is 62.5 Å². The molecular weight excluding hydrogens is 524 g/mol. The molecular formula is C31H38N4O4S. The largest absolute Gasteiger partial charge is 0.466 e. The third-order valence-corrected chi connectivity index (χ3v) is 9.95. The number of esters is 1. The molecule has 0 spiro atoms. The van der Waals surface area contributed by atoms with E-state index in [1.165, 1.54) is 0 Å². The first-order chi connectivity index (χ1) is 19.1. The van der Waals surface area contributed by atoms with Crippen LogP contribution in [0.25, 0.3) is 11.0 Å². The van der Waals surface area contributed by atoms with Crippen molar-refractivity contribution < 1.29 is 18.6 Å². The number of rotatable bonds is 7. The van der Waals surface area contributed by atoms with Gasteiger partial charge in [0.2, 0.25) is 0 Å². The van der Waals surface area contributed by atoms with Crippen molar-refractivity contribution in [1.29, 1.82) is 0 Å². The van der Waals surface area contributed by atoms with Crippen molar-refractivity contribution in [3.8, 4) is 0 Å². The van der Waals surface area contributed by atoms with Crippen LogP contribution in [0.2, 0.25) is 0 Å². The Hall–Kier alpha value is -3.24. The zero-order chi connectivity index (χ0) is 28.6. The van der Waals surface area contributed by atoms with Gasteiger partial charge in [0.15, 0.2) is 0 Å². The summed E-state index contributed by atoms with van der Waals surface area (Å²) in [5.74, 6) is -0.259. The molecule has 0 saturated carbocycles. The van der Waals surface area contributed by atoms with E-state index >= 15 is 0 Å². The normalized spacial score (nSPS) is 18.6. The molecule has 0 bridgehead atoms. The fourth-order valence-corrected chi connectivity index (χ4v) is 7.64. The average molecular weight is 563 g/mol. The lowest BCUT2D eigenvalue weighted by Gasteiger charge is -2.43. The predicted octanol–water partition coefficient (Wildman–Crippen LogP) is 6.39. The van der Waals surface area contributed by atoms with Gasteiger partial charge >= 0.3 is 5.97 Å². The smallest absolute Gasteiger partial charge is 0.306 e. The summed E-state index contributed by atoms with van der Waals surface area (Å²) in [7, 11) is -1.30. The number of carbonyl (C=O) groups is 1. The molecule has 4 aromatic rings. The first-order valence-electron chi connectivity index (χ1n) is 13.7. The molecule has 5 rings (SSSR count). The molecule has 1 aliphatic rings. The Morgan fingerprint density at radius 2 is 1.93 bits per heavy atom. The summed E-state index contributed by atoms with van der Waals surface area (Å²) in [6.07, 6.45) is 0.986. The first kappa shape index (κ1) is 28.3. The Morgan fingerprint density at radius 1 is 1.15 bits per heavy atom. The Labute approximate surface area is 237 Å². The van der Waals surface area contributed by atoms with Crippen LogP contribution in [-0.2, 0) is 29.5 Å². The Bertz CT molecular complexity index is 1550. The minimum absolute atomic E-state index is 0.187. The molecule has 40 heavy (non-hydrogen) atoms. The highest BCUT2D eigenvalue weighted by Gasteiger charge is 2.33. The third kappa shape index (κ3) is 5.39. The molecule has 1 aromatic heterocycles. The van der Waals surface area contributed by atoms with Crippen molar-refractivity contribution in [3.05, 3.63) is 88.0 Å². The molecule has 2 atom stereocenters. The minimum atomic E-state index is -3.17. The van der Waals surface area contributed by atoms with E-state index in [2.05, 4.69) is 41.5 Å². The summed E-state index contributed by atoms with van der Waals surface area (Å²) in [6.45, 7) is 9.28. The van der Waals surface area contributed by atoms with Gasteiger partial charge in [0, 0.05) is 26.1 Å². The van der Waals surface area contributed by atoms with Crippen LogP contribution in [0.3, 0.4) is 0 Å². The second-order valence-corrected chi connectivity index (χ2v) is 12.9. The molecule has 2 unspecified atom stereocenters. The van der Waals surface area contributed by atoms with E-state index in [9.17, 15) is 13.9 Å². The molecule has 2 N–H and O–H groups in total. The number of ether oxygens (including phenoxy) is 1. The average Bonchev–Trinajstić information content (AvgIpc) is 3.26. The fraction of sp³-hybridized carbons (Fsp3) is 0.387. The van der Waals surface area contributed by atoms with Crippen LogP contribution in [0.1, 0.15) is 59.6 Å². The van der Waals surface area contributed by atoms with Gasteiger partial charge in [-0.15, -0.1) is 15.9 Å². The van der Waals surface area contributed by atoms with Crippen LogP contribution >= 0.6 is 10.8 Å².